The van der Waals surface area contributed by atoms with Crippen LogP contribution in [0.3, 0.4) is 0 Å². The van der Waals surface area contributed by atoms with E-state index < -0.39 is 5.97 Å². The lowest BCUT2D eigenvalue weighted by Gasteiger charge is -2.12. The molecular formula is C16H21NO4. The zero-order valence-corrected chi connectivity index (χ0v) is 12.4. The van der Waals surface area contributed by atoms with E-state index in [-0.39, 0.29) is 18.6 Å². The number of amides is 1. The maximum Gasteiger partial charge on any atom is 0.338 e. The van der Waals surface area contributed by atoms with Crippen LogP contribution in [0.25, 0.3) is 0 Å². The number of ether oxygens (including phenoxy) is 2. The minimum Gasteiger partial charge on any atom is -0.494 e. The van der Waals surface area contributed by atoms with Crippen molar-refractivity contribution in [2.45, 2.75) is 32.7 Å². The Hall–Kier alpha value is -2.04. The third-order valence-corrected chi connectivity index (χ3v) is 3.45. The number of carbonyl (C=O) groups excluding carboxylic acids is 2. The molecular weight excluding hydrogens is 270 g/mol. The molecule has 1 amide bonds. The van der Waals surface area contributed by atoms with E-state index in [4.69, 9.17) is 9.47 Å². The summed E-state index contributed by atoms with van der Waals surface area (Å²) in [7, 11) is 0. The Morgan fingerprint density at radius 2 is 1.95 bits per heavy atom. The predicted molar refractivity (Wildman–Crippen MR) is 78.2 cm³/mol. The van der Waals surface area contributed by atoms with E-state index in [1.807, 2.05) is 13.8 Å². The van der Waals surface area contributed by atoms with Gasteiger partial charge in [0, 0.05) is 6.04 Å². The third-order valence-electron chi connectivity index (χ3n) is 3.45. The van der Waals surface area contributed by atoms with Crippen molar-refractivity contribution >= 4 is 11.9 Å². The van der Waals surface area contributed by atoms with Gasteiger partial charge in [0.1, 0.15) is 5.75 Å². The zero-order chi connectivity index (χ0) is 15.2. The van der Waals surface area contributed by atoms with Gasteiger partial charge in [-0.15, -0.1) is 0 Å². The normalized spacial score (nSPS) is 15.1. The molecule has 0 saturated heterocycles. The van der Waals surface area contributed by atoms with Crippen molar-refractivity contribution in [1.82, 2.24) is 5.32 Å². The molecule has 1 saturated carbocycles. The Kier molecular flexibility index (Phi) is 5.20. The molecule has 0 unspecified atom stereocenters. The van der Waals surface area contributed by atoms with Gasteiger partial charge >= 0.3 is 5.97 Å². The van der Waals surface area contributed by atoms with E-state index >= 15 is 0 Å². The summed E-state index contributed by atoms with van der Waals surface area (Å²) in [4.78, 5) is 23.5. The molecule has 0 aromatic heterocycles. The van der Waals surface area contributed by atoms with E-state index in [9.17, 15) is 9.59 Å². The minimum atomic E-state index is -0.507. The number of nitrogens with one attached hydrogen (secondary N) is 1. The van der Waals surface area contributed by atoms with Crippen molar-refractivity contribution in [3.8, 4) is 5.75 Å². The second-order valence-electron chi connectivity index (χ2n) is 5.23. The van der Waals surface area contributed by atoms with Gasteiger partial charge in [0.2, 0.25) is 0 Å². The predicted octanol–water partition coefficient (Wildman–Crippen LogP) is 2.16. The molecule has 0 radical (unpaired) electrons. The topological polar surface area (TPSA) is 64.6 Å². The zero-order valence-electron chi connectivity index (χ0n) is 12.4. The lowest BCUT2D eigenvalue weighted by Crippen LogP contribution is -2.37. The molecule has 2 rings (SSSR count). The molecule has 1 aromatic carbocycles. The summed E-state index contributed by atoms with van der Waals surface area (Å²) in [6.45, 7) is 4.19. The molecule has 5 nitrogen and oxygen atoms in total. The van der Waals surface area contributed by atoms with Crippen LogP contribution in [0.1, 0.15) is 37.0 Å². The highest BCUT2D eigenvalue weighted by molar-refractivity contribution is 5.91. The fourth-order valence-corrected chi connectivity index (χ4v) is 2.08. The van der Waals surface area contributed by atoms with Crippen molar-refractivity contribution in [2.24, 2.45) is 5.92 Å². The first-order chi connectivity index (χ1) is 10.1. The van der Waals surface area contributed by atoms with Crippen molar-refractivity contribution in [1.29, 1.82) is 0 Å². The van der Waals surface area contributed by atoms with E-state index in [1.165, 1.54) is 0 Å². The summed E-state index contributed by atoms with van der Waals surface area (Å²) in [5, 5.41) is 2.84. The molecule has 0 spiro atoms. The molecule has 1 N–H and O–H groups in total. The first kappa shape index (κ1) is 15.4. The number of hydrogen-bond donors (Lipinski definition) is 1. The van der Waals surface area contributed by atoms with Crippen LogP contribution < -0.4 is 10.1 Å². The Morgan fingerprint density at radius 1 is 1.29 bits per heavy atom. The van der Waals surface area contributed by atoms with Gasteiger partial charge in [0.25, 0.3) is 5.91 Å². The smallest absolute Gasteiger partial charge is 0.338 e. The highest BCUT2D eigenvalue weighted by Crippen LogP contribution is 2.32. The summed E-state index contributed by atoms with van der Waals surface area (Å²) >= 11 is 0. The van der Waals surface area contributed by atoms with Gasteiger partial charge < -0.3 is 14.8 Å². The third kappa shape index (κ3) is 4.77. The first-order valence-electron chi connectivity index (χ1n) is 7.29. The number of hydrogen-bond acceptors (Lipinski definition) is 4. The van der Waals surface area contributed by atoms with Crippen molar-refractivity contribution in [2.75, 3.05) is 13.2 Å². The quantitative estimate of drug-likeness (QED) is 0.782. The average Bonchev–Trinajstić information content (AvgIpc) is 3.30. The van der Waals surface area contributed by atoms with Gasteiger partial charge in [0.15, 0.2) is 6.61 Å². The molecule has 114 valence electrons. The Labute approximate surface area is 124 Å². The monoisotopic (exact) mass is 291 g/mol. The highest BCUT2D eigenvalue weighted by atomic mass is 16.5. The highest BCUT2D eigenvalue weighted by Gasteiger charge is 2.28. The van der Waals surface area contributed by atoms with Gasteiger partial charge in [-0.25, -0.2) is 4.79 Å². The van der Waals surface area contributed by atoms with Gasteiger partial charge in [-0.2, -0.15) is 0 Å². The molecule has 1 aliphatic rings. The molecule has 1 aliphatic carbocycles. The Bertz CT molecular complexity index is 494. The summed E-state index contributed by atoms with van der Waals surface area (Å²) in [5.74, 6) is 0.516. The largest absolute Gasteiger partial charge is 0.494 e. The molecule has 0 aliphatic heterocycles. The molecule has 1 atom stereocenters. The SMILES string of the molecule is CCOc1ccc(C(=O)OCC(=O)N[C@H](C)C2CC2)cc1. The molecule has 0 heterocycles. The van der Waals surface area contributed by atoms with Crippen LogP contribution in [0.15, 0.2) is 24.3 Å². The molecule has 1 aromatic rings. The fraction of sp³-hybridized carbons (Fsp3) is 0.500. The second-order valence-corrected chi connectivity index (χ2v) is 5.23. The van der Waals surface area contributed by atoms with E-state index in [0.29, 0.717) is 23.8 Å². The van der Waals surface area contributed by atoms with Crippen LogP contribution in [0.5, 0.6) is 5.75 Å². The minimum absolute atomic E-state index is 0.154. The van der Waals surface area contributed by atoms with Crippen molar-refractivity contribution in [3.05, 3.63) is 29.8 Å². The van der Waals surface area contributed by atoms with E-state index in [1.54, 1.807) is 24.3 Å². The summed E-state index contributed by atoms with van der Waals surface area (Å²) in [5.41, 5.74) is 0.404. The maximum absolute atomic E-state index is 11.8. The average molecular weight is 291 g/mol. The van der Waals surface area contributed by atoms with Gasteiger partial charge in [-0.05, 0) is 56.9 Å². The van der Waals surface area contributed by atoms with Crippen LogP contribution in [0, 0.1) is 5.92 Å². The van der Waals surface area contributed by atoms with Gasteiger partial charge in [-0.1, -0.05) is 0 Å². The molecule has 1 fully saturated rings. The number of esters is 1. The van der Waals surface area contributed by atoms with Crippen LogP contribution in [0.4, 0.5) is 0 Å². The standard InChI is InChI=1S/C16H21NO4/c1-3-20-14-8-6-13(7-9-14)16(19)21-10-15(18)17-11(2)12-4-5-12/h6-9,11-12H,3-5,10H2,1-2H3,(H,17,18)/t11-/m1/s1. The Balaban J connectivity index is 1.76. The lowest BCUT2D eigenvalue weighted by molar-refractivity contribution is -0.124. The van der Waals surface area contributed by atoms with Crippen LogP contribution in [-0.4, -0.2) is 31.1 Å². The number of rotatable bonds is 7. The van der Waals surface area contributed by atoms with Crippen molar-refractivity contribution in [3.63, 3.8) is 0 Å². The van der Waals surface area contributed by atoms with E-state index in [0.717, 1.165) is 12.8 Å². The van der Waals surface area contributed by atoms with E-state index in [2.05, 4.69) is 5.32 Å². The van der Waals surface area contributed by atoms with Crippen LogP contribution in [0.2, 0.25) is 0 Å². The number of benzene rings is 1. The second kappa shape index (κ2) is 7.11. The summed E-state index contributed by atoms with van der Waals surface area (Å²) in [6.07, 6.45) is 2.32. The van der Waals surface area contributed by atoms with Gasteiger partial charge in [0.05, 0.1) is 12.2 Å². The molecule has 0 bridgehead atoms. The number of carbonyl (C=O) groups is 2. The van der Waals surface area contributed by atoms with Crippen molar-refractivity contribution < 1.29 is 19.1 Å². The van der Waals surface area contributed by atoms with Crippen LogP contribution >= 0.6 is 0 Å². The summed E-state index contributed by atoms with van der Waals surface area (Å²) in [6, 6.07) is 6.81. The van der Waals surface area contributed by atoms with Gasteiger partial charge in [-0.3, -0.25) is 4.79 Å². The molecule has 5 heteroatoms. The molecule has 21 heavy (non-hydrogen) atoms. The lowest BCUT2D eigenvalue weighted by atomic mass is 10.2. The summed E-state index contributed by atoms with van der Waals surface area (Å²) < 4.78 is 10.3. The fourth-order valence-electron chi connectivity index (χ4n) is 2.08. The maximum atomic E-state index is 11.8. The first-order valence-corrected chi connectivity index (χ1v) is 7.29. The Morgan fingerprint density at radius 3 is 2.52 bits per heavy atom. The van der Waals surface area contributed by atoms with Crippen LogP contribution in [-0.2, 0) is 9.53 Å².